The van der Waals surface area contributed by atoms with Crippen LogP contribution in [0.4, 0.5) is 29.6 Å². The quantitative estimate of drug-likeness (QED) is 0.200. The van der Waals surface area contributed by atoms with Gasteiger partial charge in [-0.2, -0.15) is 18.4 Å². The standard InChI is InChI=1S/C16H16F3N7OS/c1-6-8(12-9(5-20)13(28-3)25-14(21)24-12)4-10(23-15(27)26-22)7(2)11(6)16(17,18)19/h4H,22H2,1-3H3,(H2,21,24,25)(H2,23,26,27). The number of benzene rings is 1. The molecule has 0 fully saturated rings. The van der Waals surface area contributed by atoms with Gasteiger partial charge in [0.15, 0.2) is 0 Å². The highest BCUT2D eigenvalue weighted by Gasteiger charge is 2.37. The molecule has 2 amide bonds. The van der Waals surface area contributed by atoms with Crippen molar-refractivity contribution >= 4 is 29.4 Å². The molecule has 0 aliphatic carbocycles. The predicted molar refractivity (Wildman–Crippen MR) is 99.2 cm³/mol. The van der Waals surface area contributed by atoms with Crippen LogP contribution < -0.4 is 22.3 Å². The molecule has 0 saturated heterocycles. The van der Waals surface area contributed by atoms with Gasteiger partial charge >= 0.3 is 12.2 Å². The van der Waals surface area contributed by atoms with Crippen LogP contribution in [0, 0.1) is 25.2 Å². The number of rotatable bonds is 3. The fourth-order valence-electron chi connectivity index (χ4n) is 2.77. The van der Waals surface area contributed by atoms with Crippen molar-refractivity contribution in [3.05, 3.63) is 28.3 Å². The van der Waals surface area contributed by atoms with Crippen LogP contribution in [0.5, 0.6) is 0 Å². The number of thioether (sulfide) groups is 1. The molecule has 1 aromatic carbocycles. The Morgan fingerprint density at radius 2 is 1.93 bits per heavy atom. The first kappa shape index (κ1) is 21.3. The average Bonchev–Trinajstić information content (AvgIpc) is 2.61. The number of halogens is 3. The van der Waals surface area contributed by atoms with E-state index in [1.807, 2.05) is 6.07 Å². The van der Waals surface area contributed by atoms with Crippen LogP contribution in [0.2, 0.25) is 0 Å². The first-order valence-corrected chi connectivity index (χ1v) is 8.88. The lowest BCUT2D eigenvalue weighted by atomic mass is 9.92. The number of nitrogens with one attached hydrogen (secondary N) is 2. The van der Waals surface area contributed by atoms with Crippen LogP contribution in [0.15, 0.2) is 11.1 Å². The molecule has 148 valence electrons. The highest BCUT2D eigenvalue weighted by atomic mass is 32.2. The van der Waals surface area contributed by atoms with Gasteiger partial charge in [-0.05, 0) is 37.3 Å². The third kappa shape index (κ3) is 3.95. The third-order valence-electron chi connectivity index (χ3n) is 3.96. The zero-order valence-electron chi connectivity index (χ0n) is 15.0. The molecule has 12 heteroatoms. The van der Waals surface area contributed by atoms with Gasteiger partial charge in [0.05, 0.1) is 11.3 Å². The molecule has 0 spiro atoms. The van der Waals surface area contributed by atoms with E-state index < -0.39 is 17.8 Å². The maximum atomic E-state index is 13.7. The minimum Gasteiger partial charge on any atom is -0.368 e. The van der Waals surface area contributed by atoms with Gasteiger partial charge in [-0.25, -0.2) is 20.6 Å². The number of nitriles is 1. The summed E-state index contributed by atoms with van der Waals surface area (Å²) >= 11 is 1.11. The minimum absolute atomic E-state index is 0.00815. The van der Waals surface area contributed by atoms with Crippen LogP contribution >= 0.6 is 11.8 Å². The molecule has 2 aromatic rings. The van der Waals surface area contributed by atoms with Gasteiger partial charge in [0.2, 0.25) is 5.95 Å². The molecule has 0 aliphatic heterocycles. The molecule has 0 aliphatic rings. The number of amides is 2. The van der Waals surface area contributed by atoms with Crippen molar-refractivity contribution < 1.29 is 18.0 Å². The lowest BCUT2D eigenvalue weighted by Crippen LogP contribution is -2.34. The summed E-state index contributed by atoms with van der Waals surface area (Å²) in [5.41, 5.74) is 5.93. The summed E-state index contributed by atoms with van der Waals surface area (Å²) in [6.45, 7) is 2.48. The van der Waals surface area contributed by atoms with E-state index in [1.54, 1.807) is 11.7 Å². The number of nitrogen functional groups attached to an aromatic ring is 1. The maximum Gasteiger partial charge on any atom is 0.417 e. The summed E-state index contributed by atoms with van der Waals surface area (Å²) in [7, 11) is 0. The Labute approximate surface area is 162 Å². The van der Waals surface area contributed by atoms with Gasteiger partial charge in [0.1, 0.15) is 16.7 Å². The Hall–Kier alpha value is -3.04. The number of hydrogen-bond acceptors (Lipinski definition) is 7. The molecule has 0 unspecified atom stereocenters. The summed E-state index contributed by atoms with van der Waals surface area (Å²) in [5.74, 6) is 4.82. The predicted octanol–water partition coefficient (Wildman–Crippen LogP) is 2.95. The summed E-state index contributed by atoms with van der Waals surface area (Å²) < 4.78 is 41.2. The summed E-state index contributed by atoms with van der Waals surface area (Å²) in [5, 5.41) is 12.0. The van der Waals surface area contributed by atoms with Crippen molar-refractivity contribution in [2.24, 2.45) is 5.84 Å². The van der Waals surface area contributed by atoms with Gasteiger partial charge in [-0.15, -0.1) is 11.8 Å². The minimum atomic E-state index is -4.71. The smallest absolute Gasteiger partial charge is 0.368 e. The molecule has 0 bridgehead atoms. The molecule has 1 heterocycles. The number of hydrogen-bond donors (Lipinski definition) is 4. The molecule has 0 radical (unpaired) electrons. The Morgan fingerprint density at radius 3 is 2.43 bits per heavy atom. The van der Waals surface area contributed by atoms with E-state index in [9.17, 15) is 23.2 Å². The highest BCUT2D eigenvalue weighted by molar-refractivity contribution is 7.98. The molecule has 0 atom stereocenters. The number of nitrogens with zero attached hydrogens (tertiary/aromatic N) is 3. The van der Waals surface area contributed by atoms with Crippen molar-refractivity contribution in [2.45, 2.75) is 25.0 Å². The highest BCUT2D eigenvalue weighted by Crippen LogP contribution is 2.42. The second-order valence-corrected chi connectivity index (χ2v) is 6.41. The maximum absolute atomic E-state index is 13.7. The largest absolute Gasteiger partial charge is 0.417 e. The van der Waals surface area contributed by atoms with Crippen LogP contribution in [0.1, 0.15) is 22.3 Å². The van der Waals surface area contributed by atoms with Crippen molar-refractivity contribution in [1.82, 2.24) is 15.4 Å². The number of carbonyl (C=O) groups excluding carboxylic acids is 1. The number of nitrogens with two attached hydrogens (primary N) is 2. The van der Waals surface area contributed by atoms with Crippen LogP contribution in [-0.2, 0) is 6.18 Å². The second kappa shape index (κ2) is 7.91. The second-order valence-electron chi connectivity index (χ2n) is 5.62. The van der Waals surface area contributed by atoms with Gasteiger partial charge < -0.3 is 11.1 Å². The lowest BCUT2D eigenvalue weighted by Gasteiger charge is -2.21. The fraction of sp³-hybridized carbons (Fsp3) is 0.250. The number of anilines is 2. The van der Waals surface area contributed by atoms with Crippen molar-refractivity contribution in [3.63, 3.8) is 0 Å². The molecule has 0 saturated carbocycles. The van der Waals surface area contributed by atoms with E-state index in [0.717, 1.165) is 11.8 Å². The SMILES string of the molecule is CSc1nc(N)nc(-c2cc(NC(=O)NN)c(C)c(C(F)(F)F)c2C)c1C#N. The van der Waals surface area contributed by atoms with Crippen LogP contribution in [0.25, 0.3) is 11.3 Å². The molecule has 6 N–H and O–H groups in total. The average molecular weight is 411 g/mol. The van der Waals surface area contributed by atoms with E-state index in [2.05, 4.69) is 15.3 Å². The zero-order chi connectivity index (χ0) is 21.2. The summed E-state index contributed by atoms with van der Waals surface area (Å²) in [6.07, 6.45) is -3.07. The molecule has 1 aromatic heterocycles. The first-order chi connectivity index (χ1) is 13.0. The monoisotopic (exact) mass is 411 g/mol. The van der Waals surface area contributed by atoms with E-state index >= 15 is 0 Å². The number of aromatic nitrogens is 2. The molecule has 28 heavy (non-hydrogen) atoms. The molecular weight excluding hydrogens is 395 g/mol. The van der Waals surface area contributed by atoms with Crippen LogP contribution in [0.3, 0.4) is 0 Å². The number of carbonyl (C=O) groups is 1. The van der Waals surface area contributed by atoms with Gasteiger partial charge in [0.25, 0.3) is 0 Å². The van der Waals surface area contributed by atoms with Crippen molar-refractivity contribution in [1.29, 1.82) is 5.26 Å². The zero-order valence-corrected chi connectivity index (χ0v) is 15.8. The summed E-state index contributed by atoms with van der Waals surface area (Å²) in [6, 6.07) is 2.30. The summed E-state index contributed by atoms with van der Waals surface area (Å²) in [4.78, 5) is 19.5. The molecule has 2 rings (SSSR count). The normalized spacial score (nSPS) is 11.1. The molecular formula is C16H16F3N7OS. The van der Waals surface area contributed by atoms with Gasteiger partial charge in [-0.3, -0.25) is 5.43 Å². The van der Waals surface area contributed by atoms with Gasteiger partial charge in [0, 0.05) is 11.3 Å². The third-order valence-corrected chi connectivity index (χ3v) is 4.64. The van der Waals surface area contributed by atoms with E-state index in [-0.39, 0.29) is 44.6 Å². The Morgan fingerprint density at radius 1 is 1.29 bits per heavy atom. The topological polar surface area (TPSA) is 143 Å². The van der Waals surface area contributed by atoms with E-state index in [4.69, 9.17) is 11.6 Å². The molecule has 8 nitrogen and oxygen atoms in total. The number of hydrazine groups is 1. The Bertz CT molecular complexity index is 986. The van der Waals surface area contributed by atoms with E-state index in [0.29, 0.717) is 0 Å². The number of urea groups is 1. The number of alkyl halides is 3. The van der Waals surface area contributed by atoms with E-state index in [1.165, 1.54) is 19.9 Å². The first-order valence-electron chi connectivity index (χ1n) is 7.66. The van der Waals surface area contributed by atoms with Crippen molar-refractivity contribution in [2.75, 3.05) is 17.3 Å². The fourth-order valence-corrected chi connectivity index (χ4v) is 3.30. The lowest BCUT2D eigenvalue weighted by molar-refractivity contribution is -0.138. The van der Waals surface area contributed by atoms with Crippen molar-refractivity contribution in [3.8, 4) is 17.3 Å². The van der Waals surface area contributed by atoms with Gasteiger partial charge in [-0.1, -0.05) is 0 Å². The Balaban J connectivity index is 2.93. The Kier molecular flexibility index (Phi) is 6.01. The van der Waals surface area contributed by atoms with Crippen LogP contribution in [-0.4, -0.2) is 22.3 Å².